The van der Waals surface area contributed by atoms with E-state index in [9.17, 15) is 0 Å². The predicted molar refractivity (Wildman–Crippen MR) is 116 cm³/mol. The normalized spacial score (nSPS) is 33.6. The Bertz CT molecular complexity index is 832. The topological polar surface area (TPSA) is 9.23 Å². The maximum Gasteiger partial charge on any atom is 0.120 e. The van der Waals surface area contributed by atoms with Crippen LogP contribution in [0.2, 0.25) is 0 Å². The van der Waals surface area contributed by atoms with Gasteiger partial charge < -0.3 is 4.74 Å². The molecule has 0 bridgehead atoms. The molecule has 2 aromatic carbocycles. The van der Waals surface area contributed by atoms with Crippen LogP contribution >= 0.6 is 11.6 Å². The van der Waals surface area contributed by atoms with Crippen LogP contribution in [-0.2, 0) is 13.0 Å². The lowest BCUT2D eigenvalue weighted by Crippen LogP contribution is -2.44. The van der Waals surface area contributed by atoms with Gasteiger partial charge in [-0.25, -0.2) is 0 Å². The third kappa shape index (κ3) is 3.16. The molecule has 1 unspecified atom stereocenters. The first-order valence-electron chi connectivity index (χ1n) is 11.0. The largest absolute Gasteiger partial charge is 0.489 e. The second-order valence-electron chi connectivity index (χ2n) is 9.63. The molecule has 2 saturated carbocycles. The lowest BCUT2D eigenvalue weighted by molar-refractivity contribution is 0.0250. The van der Waals surface area contributed by atoms with E-state index in [4.69, 9.17) is 16.3 Å². The lowest BCUT2D eigenvalue weighted by Gasteiger charge is -2.52. The van der Waals surface area contributed by atoms with Crippen LogP contribution in [0.5, 0.6) is 5.75 Å². The van der Waals surface area contributed by atoms with Crippen LogP contribution in [0.1, 0.15) is 61.6 Å². The first-order valence-corrected chi connectivity index (χ1v) is 11.6. The summed E-state index contributed by atoms with van der Waals surface area (Å²) in [5.41, 5.74) is 4.83. The highest BCUT2D eigenvalue weighted by atomic mass is 35.5. The zero-order chi connectivity index (χ0) is 19.1. The summed E-state index contributed by atoms with van der Waals surface area (Å²) in [6.45, 7) is 3.19. The highest BCUT2D eigenvalue weighted by Crippen LogP contribution is 2.62. The van der Waals surface area contributed by atoms with Crippen molar-refractivity contribution in [2.45, 2.75) is 58.0 Å². The molecule has 1 nitrogen and oxygen atoms in total. The second-order valence-corrected chi connectivity index (χ2v) is 9.94. The van der Waals surface area contributed by atoms with Crippen molar-refractivity contribution in [3.63, 3.8) is 0 Å². The van der Waals surface area contributed by atoms with Gasteiger partial charge in [-0.1, -0.05) is 49.7 Å². The molecule has 28 heavy (non-hydrogen) atoms. The van der Waals surface area contributed by atoms with Gasteiger partial charge in [0.2, 0.25) is 0 Å². The van der Waals surface area contributed by atoms with Crippen LogP contribution in [0.3, 0.4) is 0 Å². The molecule has 5 rings (SSSR count). The van der Waals surface area contributed by atoms with Gasteiger partial charge in [0, 0.05) is 5.88 Å². The number of hydrogen-bond donors (Lipinski definition) is 0. The first kappa shape index (κ1) is 18.6. The number of benzene rings is 2. The highest BCUT2D eigenvalue weighted by molar-refractivity contribution is 6.18. The summed E-state index contributed by atoms with van der Waals surface area (Å²) in [4.78, 5) is 0. The van der Waals surface area contributed by atoms with Crippen molar-refractivity contribution in [3.8, 4) is 5.75 Å². The van der Waals surface area contributed by atoms with Crippen molar-refractivity contribution in [1.29, 1.82) is 0 Å². The van der Waals surface area contributed by atoms with Crippen LogP contribution in [0.4, 0.5) is 0 Å². The molecule has 0 aromatic heterocycles. The molecule has 0 spiro atoms. The van der Waals surface area contributed by atoms with Crippen molar-refractivity contribution < 1.29 is 4.74 Å². The summed E-state index contributed by atoms with van der Waals surface area (Å²) in [7, 11) is 0. The molecule has 2 heteroatoms. The first-order chi connectivity index (χ1) is 13.7. The maximum atomic E-state index is 6.54. The summed E-state index contributed by atoms with van der Waals surface area (Å²) in [5.74, 6) is 4.81. The van der Waals surface area contributed by atoms with Crippen molar-refractivity contribution in [3.05, 3.63) is 65.2 Å². The quantitative estimate of drug-likeness (QED) is 0.508. The Morgan fingerprint density at radius 1 is 1.11 bits per heavy atom. The molecule has 2 aromatic rings. The fraction of sp³-hybridized carbons (Fsp3) is 0.538. The van der Waals surface area contributed by atoms with Crippen molar-refractivity contribution in [1.82, 2.24) is 0 Å². The Morgan fingerprint density at radius 2 is 1.96 bits per heavy atom. The Balaban J connectivity index is 1.40. The summed E-state index contributed by atoms with van der Waals surface area (Å²) in [5, 5.41) is 0. The molecule has 0 heterocycles. The van der Waals surface area contributed by atoms with E-state index in [2.05, 4.69) is 49.4 Å². The van der Waals surface area contributed by atoms with E-state index in [0.717, 1.165) is 23.5 Å². The molecular formula is C26H31ClO. The minimum absolute atomic E-state index is 0.539. The third-order valence-corrected chi connectivity index (χ3v) is 8.44. The zero-order valence-corrected chi connectivity index (χ0v) is 17.6. The number of rotatable bonds is 4. The Labute approximate surface area is 174 Å². The van der Waals surface area contributed by atoms with Crippen LogP contribution in [0.25, 0.3) is 0 Å². The number of halogens is 1. The molecule has 2 fully saturated rings. The fourth-order valence-electron chi connectivity index (χ4n) is 6.86. The van der Waals surface area contributed by atoms with Gasteiger partial charge in [-0.15, -0.1) is 11.6 Å². The summed E-state index contributed by atoms with van der Waals surface area (Å²) >= 11 is 6.54. The zero-order valence-electron chi connectivity index (χ0n) is 16.9. The van der Waals surface area contributed by atoms with Gasteiger partial charge in [-0.05, 0) is 90.0 Å². The third-order valence-electron chi connectivity index (χ3n) is 8.04. The van der Waals surface area contributed by atoms with E-state index in [-0.39, 0.29) is 0 Å². The summed E-state index contributed by atoms with van der Waals surface area (Å²) < 4.78 is 6.11. The smallest absolute Gasteiger partial charge is 0.120 e. The van der Waals surface area contributed by atoms with E-state index >= 15 is 0 Å². The van der Waals surface area contributed by atoms with Crippen LogP contribution in [-0.4, -0.2) is 5.88 Å². The van der Waals surface area contributed by atoms with Gasteiger partial charge in [0.05, 0.1) is 0 Å². The number of fused-ring (bicyclic) bond motifs is 5. The minimum Gasteiger partial charge on any atom is -0.489 e. The van der Waals surface area contributed by atoms with Gasteiger partial charge in [-0.3, -0.25) is 0 Å². The molecule has 3 aliphatic rings. The summed E-state index contributed by atoms with van der Waals surface area (Å²) in [6.07, 6.45) is 8.09. The number of alkyl halides is 1. The van der Waals surface area contributed by atoms with Gasteiger partial charge >= 0.3 is 0 Å². The molecule has 0 saturated heterocycles. The van der Waals surface area contributed by atoms with Gasteiger partial charge in [0.1, 0.15) is 12.4 Å². The SMILES string of the molecule is C[C@@]12CCC[C@H]1[C@@H]1CCc3cc(OCc4ccccc4)ccc3[C@H]1C(CCl)C2. The van der Waals surface area contributed by atoms with Gasteiger partial charge in [0.15, 0.2) is 0 Å². The van der Waals surface area contributed by atoms with Crippen molar-refractivity contribution in [2.24, 2.45) is 23.2 Å². The number of hydrogen-bond acceptors (Lipinski definition) is 1. The van der Waals surface area contributed by atoms with Crippen LogP contribution in [0, 0.1) is 23.2 Å². The molecule has 148 valence electrons. The Kier molecular flexibility index (Phi) is 4.91. The molecule has 0 radical (unpaired) electrons. The lowest BCUT2D eigenvalue weighted by atomic mass is 9.52. The average molecular weight is 395 g/mol. The molecule has 5 atom stereocenters. The fourth-order valence-corrected chi connectivity index (χ4v) is 7.16. The highest BCUT2D eigenvalue weighted by Gasteiger charge is 2.53. The van der Waals surface area contributed by atoms with E-state index in [1.807, 2.05) is 6.07 Å². The van der Waals surface area contributed by atoms with E-state index in [0.29, 0.717) is 23.9 Å². The van der Waals surface area contributed by atoms with Gasteiger partial charge in [0.25, 0.3) is 0 Å². The minimum atomic E-state index is 0.539. The van der Waals surface area contributed by atoms with Crippen LogP contribution < -0.4 is 4.74 Å². The van der Waals surface area contributed by atoms with E-state index < -0.39 is 0 Å². The predicted octanol–water partition coefficient (Wildman–Crippen LogP) is 6.98. The molecule has 3 aliphatic carbocycles. The second kappa shape index (κ2) is 7.41. The van der Waals surface area contributed by atoms with Crippen molar-refractivity contribution in [2.75, 3.05) is 5.88 Å². The average Bonchev–Trinajstić information content (AvgIpc) is 3.13. The standard InChI is InChI=1S/C26H31ClO/c1-26-13-5-8-24(26)23-11-9-19-14-21(28-17-18-6-3-2-4-7-18)10-12-22(19)25(23)20(15-26)16-27/h2-4,6-7,10,12,14,20,23-25H,5,8-9,11,13,15-17H2,1H3/t20?,23-,24-,25+,26-/m0/s1. The van der Waals surface area contributed by atoms with Crippen LogP contribution in [0.15, 0.2) is 48.5 Å². The monoisotopic (exact) mass is 394 g/mol. The van der Waals surface area contributed by atoms with Crippen molar-refractivity contribution >= 4 is 11.6 Å². The maximum absolute atomic E-state index is 6.54. The van der Waals surface area contributed by atoms with E-state index in [1.54, 1.807) is 5.56 Å². The van der Waals surface area contributed by atoms with E-state index in [1.165, 1.54) is 49.7 Å². The molecule has 0 N–H and O–H groups in total. The summed E-state index contributed by atoms with van der Waals surface area (Å²) in [6, 6.07) is 17.3. The Hall–Kier alpha value is -1.47. The molecule has 0 aliphatic heterocycles. The number of ether oxygens (including phenoxy) is 1. The molecular weight excluding hydrogens is 364 g/mol. The Morgan fingerprint density at radius 3 is 2.79 bits per heavy atom. The number of aryl methyl sites for hydroxylation is 1. The van der Waals surface area contributed by atoms with Gasteiger partial charge in [-0.2, -0.15) is 0 Å². The molecule has 0 amide bonds.